The molecule has 2 rings (SSSR count). The van der Waals surface area contributed by atoms with Gasteiger partial charge in [0.25, 0.3) is 0 Å². The number of aryl methyl sites for hydroxylation is 2. The fourth-order valence-electron chi connectivity index (χ4n) is 1.80. The standard InChI is InChI=1S/C15H18ClN3O/c1-3-13-18-14(16)11(2)15(19-13)20-10-4-5-12-6-8-17-9-7-12/h6-9H,3-5,10H2,1-2H3. The first-order chi connectivity index (χ1) is 9.70. The van der Waals surface area contributed by atoms with Gasteiger partial charge in [-0.1, -0.05) is 18.5 Å². The fourth-order valence-corrected chi connectivity index (χ4v) is 1.98. The molecule has 0 amide bonds. The van der Waals surface area contributed by atoms with Crippen molar-refractivity contribution < 1.29 is 4.74 Å². The van der Waals surface area contributed by atoms with Crippen LogP contribution in [-0.4, -0.2) is 21.6 Å². The molecule has 20 heavy (non-hydrogen) atoms. The molecule has 2 heterocycles. The van der Waals surface area contributed by atoms with E-state index in [0.717, 1.165) is 24.8 Å². The number of hydrogen-bond donors (Lipinski definition) is 0. The molecule has 0 bridgehead atoms. The molecular weight excluding hydrogens is 274 g/mol. The Morgan fingerprint density at radius 2 is 1.95 bits per heavy atom. The Balaban J connectivity index is 1.89. The summed E-state index contributed by atoms with van der Waals surface area (Å²) in [6, 6.07) is 4.03. The second-order valence-corrected chi connectivity index (χ2v) is 4.88. The Morgan fingerprint density at radius 1 is 1.20 bits per heavy atom. The molecule has 106 valence electrons. The summed E-state index contributed by atoms with van der Waals surface area (Å²) in [4.78, 5) is 12.6. The van der Waals surface area contributed by atoms with Gasteiger partial charge in [-0.15, -0.1) is 0 Å². The first-order valence-corrected chi connectivity index (χ1v) is 7.13. The summed E-state index contributed by atoms with van der Waals surface area (Å²) in [5, 5.41) is 0.473. The van der Waals surface area contributed by atoms with Gasteiger partial charge in [-0.2, -0.15) is 4.98 Å². The van der Waals surface area contributed by atoms with Gasteiger partial charge in [-0.25, -0.2) is 4.98 Å². The molecule has 4 nitrogen and oxygen atoms in total. The van der Waals surface area contributed by atoms with E-state index in [-0.39, 0.29) is 0 Å². The molecule has 0 aliphatic carbocycles. The number of aromatic nitrogens is 3. The van der Waals surface area contributed by atoms with E-state index in [2.05, 4.69) is 15.0 Å². The van der Waals surface area contributed by atoms with Crippen LogP contribution in [0.25, 0.3) is 0 Å². The smallest absolute Gasteiger partial charge is 0.221 e. The quantitative estimate of drug-likeness (QED) is 0.604. The molecule has 0 saturated heterocycles. The highest BCUT2D eigenvalue weighted by atomic mass is 35.5. The van der Waals surface area contributed by atoms with E-state index in [4.69, 9.17) is 16.3 Å². The lowest BCUT2D eigenvalue weighted by molar-refractivity contribution is 0.295. The maximum atomic E-state index is 6.07. The minimum absolute atomic E-state index is 0.473. The van der Waals surface area contributed by atoms with E-state index in [1.807, 2.05) is 26.0 Å². The summed E-state index contributed by atoms with van der Waals surface area (Å²) >= 11 is 6.07. The number of nitrogens with zero attached hydrogens (tertiary/aromatic N) is 3. The number of rotatable bonds is 6. The summed E-state index contributed by atoms with van der Waals surface area (Å²) in [6.07, 6.45) is 6.23. The minimum atomic E-state index is 0.473. The van der Waals surface area contributed by atoms with Crippen molar-refractivity contribution in [1.29, 1.82) is 0 Å². The second kappa shape index (κ2) is 7.20. The van der Waals surface area contributed by atoms with Crippen LogP contribution in [0.1, 0.15) is 30.3 Å². The minimum Gasteiger partial charge on any atom is -0.477 e. The Hall–Kier alpha value is -1.68. The van der Waals surface area contributed by atoms with Gasteiger partial charge in [-0.05, 0) is 37.5 Å². The molecule has 0 saturated carbocycles. The monoisotopic (exact) mass is 291 g/mol. The predicted molar refractivity (Wildman–Crippen MR) is 79.2 cm³/mol. The van der Waals surface area contributed by atoms with E-state index in [0.29, 0.717) is 23.5 Å². The molecule has 2 aromatic heterocycles. The third-order valence-corrected chi connectivity index (χ3v) is 3.37. The Labute approximate surface area is 124 Å². The van der Waals surface area contributed by atoms with Crippen molar-refractivity contribution in [2.24, 2.45) is 0 Å². The summed E-state index contributed by atoms with van der Waals surface area (Å²) < 4.78 is 5.73. The summed E-state index contributed by atoms with van der Waals surface area (Å²) in [5.41, 5.74) is 2.06. The highest BCUT2D eigenvalue weighted by Crippen LogP contribution is 2.22. The predicted octanol–water partition coefficient (Wildman–Crippen LogP) is 3.41. The number of pyridine rings is 1. The van der Waals surface area contributed by atoms with E-state index in [1.165, 1.54) is 5.56 Å². The van der Waals surface area contributed by atoms with Crippen LogP contribution in [0.2, 0.25) is 5.15 Å². The van der Waals surface area contributed by atoms with Crippen molar-refractivity contribution >= 4 is 11.6 Å². The van der Waals surface area contributed by atoms with Crippen LogP contribution in [0.5, 0.6) is 5.88 Å². The van der Waals surface area contributed by atoms with Crippen molar-refractivity contribution in [3.05, 3.63) is 46.6 Å². The zero-order valence-corrected chi connectivity index (χ0v) is 12.5. The zero-order valence-electron chi connectivity index (χ0n) is 11.8. The van der Waals surface area contributed by atoms with Crippen molar-refractivity contribution in [1.82, 2.24) is 15.0 Å². The average molecular weight is 292 g/mol. The van der Waals surface area contributed by atoms with Gasteiger partial charge in [0.05, 0.1) is 6.61 Å². The summed E-state index contributed by atoms with van der Waals surface area (Å²) in [7, 11) is 0. The summed E-state index contributed by atoms with van der Waals surface area (Å²) in [5.74, 6) is 1.31. The van der Waals surface area contributed by atoms with Crippen LogP contribution in [0, 0.1) is 6.92 Å². The largest absolute Gasteiger partial charge is 0.477 e. The van der Waals surface area contributed by atoms with Crippen LogP contribution < -0.4 is 4.74 Å². The van der Waals surface area contributed by atoms with Crippen LogP contribution in [0.15, 0.2) is 24.5 Å². The molecule has 2 aromatic rings. The first-order valence-electron chi connectivity index (χ1n) is 6.75. The van der Waals surface area contributed by atoms with Gasteiger partial charge < -0.3 is 4.74 Å². The third kappa shape index (κ3) is 3.90. The lowest BCUT2D eigenvalue weighted by Crippen LogP contribution is -2.05. The molecular formula is C15H18ClN3O. The Morgan fingerprint density at radius 3 is 2.65 bits per heavy atom. The van der Waals surface area contributed by atoms with Crippen LogP contribution in [-0.2, 0) is 12.8 Å². The molecule has 0 radical (unpaired) electrons. The average Bonchev–Trinajstić information content (AvgIpc) is 2.48. The molecule has 0 fully saturated rings. The second-order valence-electron chi connectivity index (χ2n) is 4.52. The number of ether oxygens (including phenoxy) is 1. The van der Waals surface area contributed by atoms with Crippen molar-refractivity contribution in [2.45, 2.75) is 33.1 Å². The Kier molecular flexibility index (Phi) is 5.30. The lowest BCUT2D eigenvalue weighted by Gasteiger charge is -2.10. The highest BCUT2D eigenvalue weighted by molar-refractivity contribution is 6.30. The van der Waals surface area contributed by atoms with E-state index in [1.54, 1.807) is 12.4 Å². The first kappa shape index (κ1) is 14.7. The maximum absolute atomic E-state index is 6.07. The van der Waals surface area contributed by atoms with Gasteiger partial charge in [0.1, 0.15) is 11.0 Å². The van der Waals surface area contributed by atoms with E-state index < -0.39 is 0 Å². The molecule has 0 aromatic carbocycles. The van der Waals surface area contributed by atoms with Crippen molar-refractivity contribution in [3.8, 4) is 5.88 Å². The molecule has 0 unspecified atom stereocenters. The van der Waals surface area contributed by atoms with E-state index in [9.17, 15) is 0 Å². The van der Waals surface area contributed by atoms with Crippen LogP contribution in [0.4, 0.5) is 0 Å². The lowest BCUT2D eigenvalue weighted by atomic mass is 10.1. The number of hydrogen-bond acceptors (Lipinski definition) is 4. The van der Waals surface area contributed by atoms with Gasteiger partial charge >= 0.3 is 0 Å². The molecule has 0 N–H and O–H groups in total. The molecule has 0 aliphatic rings. The van der Waals surface area contributed by atoms with Crippen LogP contribution in [0.3, 0.4) is 0 Å². The topological polar surface area (TPSA) is 47.9 Å². The fraction of sp³-hybridized carbons (Fsp3) is 0.400. The summed E-state index contributed by atoms with van der Waals surface area (Å²) in [6.45, 7) is 4.48. The number of halogens is 1. The molecule has 0 atom stereocenters. The SMILES string of the molecule is CCc1nc(Cl)c(C)c(OCCCc2ccncc2)n1. The Bertz CT molecular complexity index is 561. The van der Waals surface area contributed by atoms with E-state index >= 15 is 0 Å². The molecule has 5 heteroatoms. The van der Waals surface area contributed by atoms with Gasteiger partial charge in [0.15, 0.2) is 0 Å². The van der Waals surface area contributed by atoms with Crippen molar-refractivity contribution in [2.75, 3.05) is 6.61 Å². The van der Waals surface area contributed by atoms with Gasteiger partial charge in [-0.3, -0.25) is 4.98 Å². The zero-order chi connectivity index (χ0) is 14.4. The third-order valence-electron chi connectivity index (χ3n) is 3.00. The van der Waals surface area contributed by atoms with Crippen molar-refractivity contribution in [3.63, 3.8) is 0 Å². The normalized spacial score (nSPS) is 10.6. The van der Waals surface area contributed by atoms with Gasteiger partial charge in [0, 0.05) is 24.4 Å². The molecule has 0 spiro atoms. The van der Waals surface area contributed by atoms with Gasteiger partial charge in [0.2, 0.25) is 5.88 Å². The molecule has 0 aliphatic heterocycles. The van der Waals surface area contributed by atoms with Crippen LogP contribution >= 0.6 is 11.6 Å². The highest BCUT2D eigenvalue weighted by Gasteiger charge is 2.09. The maximum Gasteiger partial charge on any atom is 0.221 e.